The van der Waals surface area contributed by atoms with E-state index in [4.69, 9.17) is 17.3 Å². The van der Waals surface area contributed by atoms with E-state index in [1.54, 1.807) is 6.07 Å². The van der Waals surface area contributed by atoms with Gasteiger partial charge < -0.3 is 5.73 Å². The molecule has 1 atom stereocenters. The number of piperazine rings is 1. The van der Waals surface area contributed by atoms with E-state index in [2.05, 4.69) is 11.8 Å². The van der Waals surface area contributed by atoms with Gasteiger partial charge in [-0.15, -0.1) is 0 Å². The average Bonchev–Trinajstić information content (AvgIpc) is 2.38. The zero-order valence-electron chi connectivity index (χ0n) is 11.7. The summed E-state index contributed by atoms with van der Waals surface area (Å²) in [6, 6.07) is 4.71. The van der Waals surface area contributed by atoms with Crippen molar-refractivity contribution in [2.24, 2.45) is 0 Å². The third-order valence-corrected chi connectivity index (χ3v) is 5.90. The van der Waals surface area contributed by atoms with Crippen molar-refractivity contribution in [3.05, 3.63) is 23.2 Å². The Kier molecular flexibility index (Phi) is 4.59. The maximum absolute atomic E-state index is 12.6. The summed E-state index contributed by atoms with van der Waals surface area (Å²) in [7, 11) is -3.55. The molecule has 1 fully saturated rings. The van der Waals surface area contributed by atoms with E-state index in [-0.39, 0.29) is 16.6 Å². The molecule has 112 valence electrons. The molecule has 1 heterocycles. The molecule has 0 radical (unpaired) electrons. The predicted octanol–water partition coefficient (Wildman–Crippen LogP) is 1.64. The first kappa shape index (κ1) is 15.6. The molecule has 1 aromatic carbocycles. The van der Waals surface area contributed by atoms with Crippen molar-refractivity contribution in [3.63, 3.8) is 0 Å². The maximum atomic E-state index is 12.6. The molecular weight excluding hydrogens is 298 g/mol. The molecule has 5 nitrogen and oxygen atoms in total. The highest BCUT2D eigenvalue weighted by molar-refractivity contribution is 7.89. The first-order valence-corrected chi connectivity index (χ1v) is 8.47. The minimum Gasteiger partial charge on any atom is -0.398 e. The van der Waals surface area contributed by atoms with Gasteiger partial charge in [0.15, 0.2) is 0 Å². The summed E-state index contributed by atoms with van der Waals surface area (Å²) in [5.74, 6) is 0. The SMILES string of the molecule is CCN1CCN(S(=O)(=O)c2ccc(Cl)cc2N)CC1C. The molecule has 2 rings (SSSR count). The molecule has 0 amide bonds. The van der Waals surface area contributed by atoms with Crippen LogP contribution in [0.5, 0.6) is 0 Å². The van der Waals surface area contributed by atoms with E-state index >= 15 is 0 Å². The number of nitrogens with two attached hydrogens (primary N) is 1. The van der Waals surface area contributed by atoms with E-state index in [9.17, 15) is 8.42 Å². The smallest absolute Gasteiger partial charge is 0.245 e. The van der Waals surface area contributed by atoms with Gasteiger partial charge in [-0.3, -0.25) is 4.90 Å². The number of hydrogen-bond donors (Lipinski definition) is 1. The van der Waals surface area contributed by atoms with Crippen LogP contribution < -0.4 is 5.73 Å². The molecule has 7 heteroatoms. The van der Waals surface area contributed by atoms with Crippen molar-refractivity contribution in [1.29, 1.82) is 0 Å². The number of rotatable bonds is 3. The van der Waals surface area contributed by atoms with Gasteiger partial charge in [0.1, 0.15) is 4.90 Å². The Hall–Kier alpha value is -0.820. The van der Waals surface area contributed by atoms with E-state index in [0.717, 1.165) is 13.1 Å². The molecule has 1 aromatic rings. The molecule has 1 aliphatic heterocycles. The van der Waals surface area contributed by atoms with Crippen LogP contribution in [0.1, 0.15) is 13.8 Å². The largest absolute Gasteiger partial charge is 0.398 e. The van der Waals surface area contributed by atoms with E-state index in [1.165, 1.54) is 16.4 Å². The number of hydrogen-bond acceptors (Lipinski definition) is 4. The lowest BCUT2D eigenvalue weighted by molar-refractivity contribution is 0.135. The van der Waals surface area contributed by atoms with E-state index in [1.807, 2.05) is 6.92 Å². The summed E-state index contributed by atoms with van der Waals surface area (Å²) < 4.78 is 26.8. The number of anilines is 1. The molecule has 1 aliphatic rings. The zero-order chi connectivity index (χ0) is 14.9. The van der Waals surface area contributed by atoms with Gasteiger partial charge in [-0.1, -0.05) is 18.5 Å². The molecule has 20 heavy (non-hydrogen) atoms. The van der Waals surface area contributed by atoms with Crippen LogP contribution in [0.3, 0.4) is 0 Å². The number of likely N-dealkylation sites (N-methyl/N-ethyl adjacent to an activating group) is 1. The van der Waals surface area contributed by atoms with Crippen molar-refractivity contribution < 1.29 is 8.42 Å². The topological polar surface area (TPSA) is 66.6 Å². The first-order chi connectivity index (χ1) is 9.36. The number of benzene rings is 1. The lowest BCUT2D eigenvalue weighted by Crippen LogP contribution is -2.53. The summed E-state index contributed by atoms with van der Waals surface area (Å²) in [5.41, 5.74) is 6.00. The number of nitrogen functional groups attached to an aromatic ring is 1. The summed E-state index contributed by atoms with van der Waals surface area (Å²) >= 11 is 5.82. The van der Waals surface area contributed by atoms with Crippen molar-refractivity contribution in [2.45, 2.75) is 24.8 Å². The Bertz CT molecular complexity index is 591. The van der Waals surface area contributed by atoms with Gasteiger partial charge in [-0.2, -0.15) is 4.31 Å². The van der Waals surface area contributed by atoms with Crippen molar-refractivity contribution >= 4 is 27.3 Å². The van der Waals surface area contributed by atoms with Crippen LogP contribution >= 0.6 is 11.6 Å². The van der Waals surface area contributed by atoms with Gasteiger partial charge in [0.2, 0.25) is 10.0 Å². The van der Waals surface area contributed by atoms with Crippen LogP contribution in [0, 0.1) is 0 Å². The van der Waals surface area contributed by atoms with Gasteiger partial charge >= 0.3 is 0 Å². The standard InChI is InChI=1S/C13H20ClN3O2S/c1-3-16-6-7-17(9-10(16)2)20(18,19)13-5-4-11(14)8-12(13)15/h4-5,8,10H,3,6-7,9,15H2,1-2H3. The van der Waals surface area contributed by atoms with Crippen LogP contribution in [-0.4, -0.2) is 49.8 Å². The molecule has 0 saturated carbocycles. The van der Waals surface area contributed by atoms with Crippen LogP contribution in [0.4, 0.5) is 5.69 Å². The third kappa shape index (κ3) is 2.93. The van der Waals surface area contributed by atoms with Gasteiger partial charge in [0.05, 0.1) is 5.69 Å². The van der Waals surface area contributed by atoms with Crippen LogP contribution in [0.25, 0.3) is 0 Å². The van der Waals surface area contributed by atoms with Gasteiger partial charge in [0, 0.05) is 30.7 Å². The molecule has 1 saturated heterocycles. The van der Waals surface area contributed by atoms with Crippen LogP contribution in [-0.2, 0) is 10.0 Å². The molecule has 0 bridgehead atoms. The second-order valence-corrected chi connectivity index (χ2v) is 7.37. The van der Waals surface area contributed by atoms with Crippen molar-refractivity contribution in [1.82, 2.24) is 9.21 Å². The van der Waals surface area contributed by atoms with Gasteiger partial charge in [-0.05, 0) is 31.7 Å². The van der Waals surface area contributed by atoms with Crippen molar-refractivity contribution in [3.8, 4) is 0 Å². The predicted molar refractivity (Wildman–Crippen MR) is 81.3 cm³/mol. The quantitative estimate of drug-likeness (QED) is 0.861. The van der Waals surface area contributed by atoms with E-state index in [0.29, 0.717) is 18.1 Å². The zero-order valence-corrected chi connectivity index (χ0v) is 13.3. The number of halogens is 1. The van der Waals surface area contributed by atoms with Gasteiger partial charge in [-0.25, -0.2) is 8.42 Å². The maximum Gasteiger partial charge on any atom is 0.245 e. The van der Waals surface area contributed by atoms with Crippen LogP contribution in [0.15, 0.2) is 23.1 Å². The molecule has 1 unspecified atom stereocenters. The van der Waals surface area contributed by atoms with E-state index < -0.39 is 10.0 Å². The Balaban J connectivity index is 2.27. The Morgan fingerprint density at radius 2 is 2.10 bits per heavy atom. The summed E-state index contributed by atoms with van der Waals surface area (Å²) in [6.45, 7) is 6.76. The Labute approximate surface area is 125 Å². The first-order valence-electron chi connectivity index (χ1n) is 6.65. The minimum atomic E-state index is -3.55. The van der Waals surface area contributed by atoms with Crippen molar-refractivity contribution in [2.75, 3.05) is 31.9 Å². The summed E-state index contributed by atoms with van der Waals surface area (Å²) in [5, 5.41) is 0.436. The second kappa shape index (κ2) is 5.89. The fraction of sp³-hybridized carbons (Fsp3) is 0.538. The Morgan fingerprint density at radius 3 is 2.65 bits per heavy atom. The second-order valence-electron chi connectivity index (χ2n) is 5.02. The lowest BCUT2D eigenvalue weighted by Gasteiger charge is -2.38. The fourth-order valence-corrected chi connectivity index (χ4v) is 4.33. The molecule has 0 aromatic heterocycles. The number of nitrogens with zero attached hydrogens (tertiary/aromatic N) is 2. The minimum absolute atomic E-state index is 0.138. The average molecular weight is 318 g/mol. The molecule has 0 spiro atoms. The monoisotopic (exact) mass is 317 g/mol. The molecular formula is C13H20ClN3O2S. The normalized spacial score (nSPS) is 22.1. The van der Waals surface area contributed by atoms with Gasteiger partial charge in [0.25, 0.3) is 0 Å². The summed E-state index contributed by atoms with van der Waals surface area (Å²) in [6.07, 6.45) is 0. The molecule has 2 N–H and O–H groups in total. The lowest BCUT2D eigenvalue weighted by atomic mass is 10.2. The highest BCUT2D eigenvalue weighted by atomic mass is 35.5. The highest BCUT2D eigenvalue weighted by Gasteiger charge is 2.32. The number of sulfonamides is 1. The fourth-order valence-electron chi connectivity index (χ4n) is 2.54. The van der Waals surface area contributed by atoms with Crippen LogP contribution in [0.2, 0.25) is 5.02 Å². The summed E-state index contributed by atoms with van der Waals surface area (Å²) in [4.78, 5) is 2.40. The highest BCUT2D eigenvalue weighted by Crippen LogP contribution is 2.26. The third-order valence-electron chi connectivity index (χ3n) is 3.72. The molecule has 0 aliphatic carbocycles. The Morgan fingerprint density at radius 1 is 1.40 bits per heavy atom.